The summed E-state index contributed by atoms with van der Waals surface area (Å²) in [7, 11) is 0. The van der Waals surface area contributed by atoms with E-state index in [0.717, 1.165) is 25.7 Å². The molecule has 1 aliphatic rings. The van der Waals surface area contributed by atoms with E-state index in [0.29, 0.717) is 32.8 Å². The second-order valence-electron chi connectivity index (χ2n) is 6.92. The molecule has 0 radical (unpaired) electrons. The highest BCUT2D eigenvalue weighted by molar-refractivity contribution is 5.92. The average molecular weight is 390 g/mol. The Labute approximate surface area is 166 Å². The molecule has 1 aromatic rings. The number of carbonyl (C=O) groups is 3. The highest BCUT2D eigenvalue weighted by atomic mass is 16.5. The van der Waals surface area contributed by atoms with Gasteiger partial charge in [-0.15, -0.1) is 0 Å². The van der Waals surface area contributed by atoms with Gasteiger partial charge in [0.05, 0.1) is 18.7 Å². The van der Waals surface area contributed by atoms with Crippen molar-refractivity contribution in [3.63, 3.8) is 0 Å². The Morgan fingerprint density at radius 3 is 2.75 bits per heavy atom. The maximum absolute atomic E-state index is 12.7. The monoisotopic (exact) mass is 390 g/mol. The molecule has 2 heterocycles. The van der Waals surface area contributed by atoms with Crippen LogP contribution in [0.15, 0.2) is 18.6 Å². The number of aromatic nitrogens is 2. The third-order valence-electron chi connectivity index (χ3n) is 4.84. The largest absolute Gasteiger partial charge is 0.466 e. The SMILES string of the molecule is CCCCN(CCC(=O)N1CCC[C@@H](C(=O)OCC)C1)C(=O)c1cnccn1. The van der Waals surface area contributed by atoms with Gasteiger partial charge in [-0.05, 0) is 26.2 Å². The average Bonchev–Trinajstić information content (AvgIpc) is 2.74. The predicted molar refractivity (Wildman–Crippen MR) is 103 cm³/mol. The van der Waals surface area contributed by atoms with Crippen molar-refractivity contribution in [1.29, 1.82) is 0 Å². The van der Waals surface area contributed by atoms with Crippen LogP contribution in [0, 0.1) is 5.92 Å². The molecule has 154 valence electrons. The van der Waals surface area contributed by atoms with Gasteiger partial charge in [-0.3, -0.25) is 19.4 Å². The minimum absolute atomic E-state index is 0.0394. The Balaban J connectivity index is 1.93. The van der Waals surface area contributed by atoms with E-state index in [1.165, 1.54) is 18.6 Å². The molecule has 1 aromatic heterocycles. The number of rotatable bonds is 9. The normalized spacial score (nSPS) is 16.5. The van der Waals surface area contributed by atoms with Crippen LogP contribution >= 0.6 is 0 Å². The number of piperidine rings is 1. The third-order valence-corrected chi connectivity index (χ3v) is 4.84. The summed E-state index contributed by atoms with van der Waals surface area (Å²) in [5.41, 5.74) is 0.284. The minimum Gasteiger partial charge on any atom is -0.466 e. The molecule has 8 heteroatoms. The summed E-state index contributed by atoms with van der Waals surface area (Å²) in [4.78, 5) is 48.7. The molecule has 1 aliphatic heterocycles. The smallest absolute Gasteiger partial charge is 0.310 e. The van der Waals surface area contributed by atoms with E-state index in [1.807, 2.05) is 0 Å². The Bertz CT molecular complexity index is 653. The molecule has 0 unspecified atom stereocenters. The van der Waals surface area contributed by atoms with Crippen molar-refractivity contribution in [2.24, 2.45) is 5.92 Å². The first kappa shape index (κ1) is 21.8. The van der Waals surface area contributed by atoms with Crippen LogP contribution in [0.1, 0.15) is 56.4 Å². The number of esters is 1. The molecule has 1 fully saturated rings. The van der Waals surface area contributed by atoms with E-state index in [4.69, 9.17) is 4.74 Å². The molecular formula is C20H30N4O4. The molecular weight excluding hydrogens is 360 g/mol. The first-order chi connectivity index (χ1) is 13.6. The fourth-order valence-corrected chi connectivity index (χ4v) is 3.28. The molecule has 2 rings (SSSR count). The lowest BCUT2D eigenvalue weighted by Crippen LogP contribution is -2.44. The van der Waals surface area contributed by atoms with Gasteiger partial charge in [0.2, 0.25) is 5.91 Å². The van der Waals surface area contributed by atoms with E-state index in [1.54, 1.807) is 16.7 Å². The van der Waals surface area contributed by atoms with Crippen LogP contribution in [0.25, 0.3) is 0 Å². The standard InChI is InChI=1S/C20H30N4O4/c1-3-5-11-23(19(26)17-14-21-9-10-22-17)13-8-18(25)24-12-6-7-16(15-24)20(27)28-4-2/h9-10,14,16H,3-8,11-13,15H2,1-2H3/t16-/m1/s1. The van der Waals surface area contributed by atoms with Crippen LogP contribution < -0.4 is 0 Å². The molecule has 8 nitrogen and oxygen atoms in total. The van der Waals surface area contributed by atoms with E-state index in [2.05, 4.69) is 16.9 Å². The summed E-state index contributed by atoms with van der Waals surface area (Å²) in [6.45, 7) is 6.12. The number of likely N-dealkylation sites (tertiary alicyclic amines) is 1. The fourth-order valence-electron chi connectivity index (χ4n) is 3.28. The number of hydrogen-bond donors (Lipinski definition) is 0. The number of hydrogen-bond acceptors (Lipinski definition) is 6. The Hall–Kier alpha value is -2.51. The van der Waals surface area contributed by atoms with E-state index >= 15 is 0 Å². The lowest BCUT2D eigenvalue weighted by atomic mass is 9.98. The summed E-state index contributed by atoms with van der Waals surface area (Å²) < 4.78 is 5.09. The van der Waals surface area contributed by atoms with Crippen molar-refractivity contribution in [3.05, 3.63) is 24.3 Å². The van der Waals surface area contributed by atoms with Crippen LogP contribution in [-0.4, -0.2) is 70.3 Å². The summed E-state index contributed by atoms with van der Waals surface area (Å²) in [6, 6.07) is 0. The Morgan fingerprint density at radius 2 is 2.07 bits per heavy atom. The molecule has 28 heavy (non-hydrogen) atoms. The molecule has 1 saturated heterocycles. The van der Waals surface area contributed by atoms with Gasteiger partial charge < -0.3 is 14.5 Å². The lowest BCUT2D eigenvalue weighted by molar-refractivity contribution is -0.151. The number of carbonyl (C=O) groups excluding carboxylic acids is 3. The van der Waals surface area contributed by atoms with Gasteiger partial charge in [0.1, 0.15) is 5.69 Å². The van der Waals surface area contributed by atoms with Gasteiger partial charge in [-0.25, -0.2) is 4.98 Å². The van der Waals surface area contributed by atoms with E-state index in [9.17, 15) is 14.4 Å². The van der Waals surface area contributed by atoms with Crippen LogP contribution in [0.4, 0.5) is 0 Å². The van der Waals surface area contributed by atoms with Gasteiger partial charge >= 0.3 is 5.97 Å². The zero-order valence-corrected chi connectivity index (χ0v) is 16.8. The van der Waals surface area contributed by atoms with Crippen LogP contribution in [0.3, 0.4) is 0 Å². The zero-order chi connectivity index (χ0) is 20.4. The molecule has 0 aliphatic carbocycles. The maximum Gasteiger partial charge on any atom is 0.310 e. The highest BCUT2D eigenvalue weighted by Crippen LogP contribution is 2.19. The van der Waals surface area contributed by atoms with Gasteiger partial charge in [-0.1, -0.05) is 13.3 Å². The number of unbranched alkanes of at least 4 members (excludes halogenated alkanes) is 1. The molecule has 1 atom stereocenters. The van der Waals surface area contributed by atoms with Crippen molar-refractivity contribution in [3.8, 4) is 0 Å². The van der Waals surface area contributed by atoms with Crippen molar-refractivity contribution in [2.45, 2.75) is 46.0 Å². The summed E-state index contributed by atoms with van der Waals surface area (Å²) in [5.74, 6) is -0.739. The van der Waals surface area contributed by atoms with Crippen LogP contribution in [0.2, 0.25) is 0 Å². The van der Waals surface area contributed by atoms with Crippen LogP contribution in [-0.2, 0) is 14.3 Å². The predicted octanol–water partition coefficient (Wildman–Crippen LogP) is 1.91. The highest BCUT2D eigenvalue weighted by Gasteiger charge is 2.29. The number of ether oxygens (including phenoxy) is 1. The fraction of sp³-hybridized carbons (Fsp3) is 0.650. The van der Waals surface area contributed by atoms with Gasteiger partial charge in [-0.2, -0.15) is 0 Å². The summed E-state index contributed by atoms with van der Waals surface area (Å²) in [6.07, 6.45) is 8.01. The van der Waals surface area contributed by atoms with E-state index in [-0.39, 0.29) is 35.8 Å². The Kier molecular flexibility index (Phi) is 8.84. The minimum atomic E-state index is -0.255. The molecule has 0 aromatic carbocycles. The molecule has 0 spiro atoms. The van der Waals surface area contributed by atoms with Crippen molar-refractivity contribution >= 4 is 17.8 Å². The first-order valence-corrected chi connectivity index (χ1v) is 10.1. The zero-order valence-electron chi connectivity index (χ0n) is 16.8. The van der Waals surface area contributed by atoms with Gasteiger partial charge in [0, 0.05) is 45.0 Å². The topological polar surface area (TPSA) is 92.7 Å². The summed E-state index contributed by atoms with van der Waals surface area (Å²) >= 11 is 0. The molecule has 0 bridgehead atoms. The number of amides is 2. The molecule has 2 amide bonds. The maximum atomic E-state index is 12.7. The van der Waals surface area contributed by atoms with Crippen molar-refractivity contribution in [1.82, 2.24) is 19.8 Å². The number of nitrogens with zero attached hydrogens (tertiary/aromatic N) is 4. The molecule has 0 N–H and O–H groups in total. The first-order valence-electron chi connectivity index (χ1n) is 10.1. The summed E-state index contributed by atoms with van der Waals surface area (Å²) in [5, 5.41) is 0. The van der Waals surface area contributed by atoms with Crippen LogP contribution in [0.5, 0.6) is 0 Å². The van der Waals surface area contributed by atoms with Gasteiger partial charge in [0.15, 0.2) is 0 Å². The second kappa shape index (κ2) is 11.4. The Morgan fingerprint density at radius 1 is 1.25 bits per heavy atom. The quantitative estimate of drug-likeness (QED) is 0.598. The van der Waals surface area contributed by atoms with Crippen molar-refractivity contribution in [2.75, 3.05) is 32.8 Å². The van der Waals surface area contributed by atoms with Crippen molar-refractivity contribution < 1.29 is 19.1 Å². The second-order valence-corrected chi connectivity index (χ2v) is 6.92. The lowest BCUT2D eigenvalue weighted by Gasteiger charge is -2.32. The van der Waals surface area contributed by atoms with E-state index < -0.39 is 0 Å². The molecule has 0 saturated carbocycles. The third kappa shape index (κ3) is 6.28. The van der Waals surface area contributed by atoms with Gasteiger partial charge in [0.25, 0.3) is 5.91 Å².